The highest BCUT2D eigenvalue weighted by molar-refractivity contribution is 14.0. The number of nitrogens with zero attached hydrogens (tertiary/aromatic N) is 1. The summed E-state index contributed by atoms with van der Waals surface area (Å²) >= 11 is 0. The molecule has 0 fully saturated rings. The number of carbonyl (C=O) groups excluding carboxylic acids is 1. The molecule has 0 saturated heterocycles. The SMILES string of the molecule is COC(=O)c1ccc(CNC2=NCCCN2)cc1.I. The zero-order valence-electron chi connectivity index (χ0n) is 10.8. The summed E-state index contributed by atoms with van der Waals surface area (Å²) < 4.78 is 4.65. The van der Waals surface area contributed by atoms with Gasteiger partial charge in [-0.1, -0.05) is 12.1 Å². The molecule has 104 valence electrons. The zero-order valence-corrected chi connectivity index (χ0v) is 13.1. The van der Waals surface area contributed by atoms with E-state index in [2.05, 4.69) is 20.4 Å². The first-order chi connectivity index (χ1) is 8.79. The Bertz CT molecular complexity index is 446. The van der Waals surface area contributed by atoms with Crippen molar-refractivity contribution in [1.82, 2.24) is 10.6 Å². The number of hydrogen-bond donors (Lipinski definition) is 2. The van der Waals surface area contributed by atoms with Crippen LogP contribution in [0.4, 0.5) is 0 Å². The maximum absolute atomic E-state index is 11.3. The van der Waals surface area contributed by atoms with Gasteiger partial charge in [-0.05, 0) is 24.1 Å². The standard InChI is InChI=1S/C13H17N3O2.HI/c1-18-12(17)11-5-3-10(4-6-11)9-16-13-14-7-2-8-15-13;/h3-6H,2,7-9H2,1H3,(H2,14,15,16);1H. The van der Waals surface area contributed by atoms with E-state index in [0.29, 0.717) is 12.1 Å². The van der Waals surface area contributed by atoms with Gasteiger partial charge in [0.1, 0.15) is 0 Å². The molecule has 0 amide bonds. The van der Waals surface area contributed by atoms with E-state index in [1.807, 2.05) is 12.1 Å². The van der Waals surface area contributed by atoms with E-state index in [0.717, 1.165) is 31.0 Å². The third-order valence-electron chi connectivity index (χ3n) is 2.73. The van der Waals surface area contributed by atoms with Crippen LogP contribution < -0.4 is 10.6 Å². The molecule has 0 aliphatic carbocycles. The Labute approximate surface area is 129 Å². The molecule has 1 heterocycles. The van der Waals surface area contributed by atoms with Gasteiger partial charge in [-0.3, -0.25) is 4.99 Å². The average molecular weight is 375 g/mol. The number of nitrogens with one attached hydrogen (secondary N) is 2. The lowest BCUT2D eigenvalue weighted by molar-refractivity contribution is 0.0600. The van der Waals surface area contributed by atoms with E-state index < -0.39 is 0 Å². The monoisotopic (exact) mass is 375 g/mol. The second-order valence-electron chi connectivity index (χ2n) is 4.05. The van der Waals surface area contributed by atoms with Gasteiger partial charge in [-0.15, -0.1) is 24.0 Å². The van der Waals surface area contributed by atoms with E-state index in [-0.39, 0.29) is 29.9 Å². The highest BCUT2D eigenvalue weighted by Crippen LogP contribution is 2.05. The first-order valence-electron chi connectivity index (χ1n) is 5.99. The fourth-order valence-electron chi connectivity index (χ4n) is 1.71. The maximum atomic E-state index is 11.3. The van der Waals surface area contributed by atoms with Crippen LogP contribution >= 0.6 is 24.0 Å². The molecule has 1 aromatic carbocycles. The van der Waals surface area contributed by atoms with Crippen molar-refractivity contribution in [3.05, 3.63) is 35.4 Å². The predicted molar refractivity (Wildman–Crippen MR) is 85.0 cm³/mol. The molecular weight excluding hydrogens is 357 g/mol. The van der Waals surface area contributed by atoms with E-state index in [1.165, 1.54) is 7.11 Å². The molecule has 0 saturated carbocycles. The van der Waals surface area contributed by atoms with E-state index >= 15 is 0 Å². The third-order valence-corrected chi connectivity index (χ3v) is 2.73. The summed E-state index contributed by atoms with van der Waals surface area (Å²) in [5.74, 6) is 0.533. The minimum atomic E-state index is -0.312. The number of esters is 1. The summed E-state index contributed by atoms with van der Waals surface area (Å²) in [5.41, 5.74) is 1.66. The van der Waals surface area contributed by atoms with Gasteiger partial charge < -0.3 is 15.4 Å². The number of hydrogen-bond acceptors (Lipinski definition) is 5. The Morgan fingerprint density at radius 3 is 2.74 bits per heavy atom. The van der Waals surface area contributed by atoms with Crippen LogP contribution in [0.2, 0.25) is 0 Å². The minimum Gasteiger partial charge on any atom is -0.465 e. The second-order valence-corrected chi connectivity index (χ2v) is 4.05. The lowest BCUT2D eigenvalue weighted by Gasteiger charge is -2.16. The highest BCUT2D eigenvalue weighted by atomic mass is 127. The van der Waals surface area contributed by atoms with E-state index in [1.54, 1.807) is 12.1 Å². The molecule has 1 aliphatic heterocycles. The lowest BCUT2D eigenvalue weighted by atomic mass is 10.1. The molecule has 2 N–H and O–H groups in total. The van der Waals surface area contributed by atoms with Gasteiger partial charge in [0.05, 0.1) is 12.7 Å². The van der Waals surface area contributed by atoms with Gasteiger partial charge in [-0.2, -0.15) is 0 Å². The number of carbonyl (C=O) groups is 1. The van der Waals surface area contributed by atoms with Gasteiger partial charge in [0.15, 0.2) is 5.96 Å². The van der Waals surface area contributed by atoms with Crippen LogP contribution in [0.5, 0.6) is 0 Å². The molecule has 0 spiro atoms. The van der Waals surface area contributed by atoms with Crippen LogP contribution in [-0.2, 0) is 11.3 Å². The normalized spacial score (nSPS) is 13.6. The van der Waals surface area contributed by atoms with Crippen LogP contribution in [0.3, 0.4) is 0 Å². The van der Waals surface area contributed by atoms with Crippen LogP contribution in [-0.4, -0.2) is 32.1 Å². The molecule has 0 aromatic heterocycles. The molecule has 0 bridgehead atoms. The fourth-order valence-corrected chi connectivity index (χ4v) is 1.71. The molecule has 5 nitrogen and oxygen atoms in total. The number of aliphatic imine (C=N–C) groups is 1. The predicted octanol–water partition coefficient (Wildman–Crippen LogP) is 1.53. The van der Waals surface area contributed by atoms with Gasteiger partial charge in [0.2, 0.25) is 0 Å². The number of methoxy groups -OCH3 is 1. The van der Waals surface area contributed by atoms with Gasteiger partial charge in [0, 0.05) is 19.6 Å². The first-order valence-corrected chi connectivity index (χ1v) is 5.99. The molecule has 0 unspecified atom stereocenters. The van der Waals surface area contributed by atoms with Gasteiger partial charge in [0.25, 0.3) is 0 Å². The molecule has 1 aliphatic rings. The topological polar surface area (TPSA) is 62.7 Å². The molecular formula is C13H18IN3O2. The third kappa shape index (κ3) is 4.70. The van der Waals surface area contributed by atoms with Crippen LogP contribution in [0.25, 0.3) is 0 Å². The quantitative estimate of drug-likeness (QED) is 0.622. The summed E-state index contributed by atoms with van der Waals surface area (Å²) in [6, 6.07) is 7.34. The van der Waals surface area contributed by atoms with Crippen LogP contribution in [0.15, 0.2) is 29.3 Å². The summed E-state index contributed by atoms with van der Waals surface area (Å²) in [5, 5.41) is 6.42. The first kappa shape index (κ1) is 15.7. The minimum absolute atomic E-state index is 0. The molecule has 0 radical (unpaired) electrons. The van der Waals surface area contributed by atoms with E-state index in [4.69, 9.17) is 0 Å². The summed E-state index contributed by atoms with van der Waals surface area (Å²) in [6.45, 7) is 2.52. The van der Waals surface area contributed by atoms with Crippen molar-refractivity contribution >= 4 is 35.9 Å². The smallest absolute Gasteiger partial charge is 0.337 e. The van der Waals surface area contributed by atoms with Crippen molar-refractivity contribution in [3.8, 4) is 0 Å². The van der Waals surface area contributed by atoms with Crippen molar-refractivity contribution in [1.29, 1.82) is 0 Å². The van der Waals surface area contributed by atoms with Crippen molar-refractivity contribution in [2.24, 2.45) is 4.99 Å². The Morgan fingerprint density at radius 1 is 1.42 bits per heavy atom. The van der Waals surface area contributed by atoms with E-state index in [9.17, 15) is 4.79 Å². The van der Waals surface area contributed by atoms with Crippen molar-refractivity contribution in [3.63, 3.8) is 0 Å². The summed E-state index contributed by atoms with van der Waals surface area (Å²) in [6.07, 6.45) is 1.08. The Balaban J connectivity index is 0.00000180. The maximum Gasteiger partial charge on any atom is 0.337 e. The molecule has 2 rings (SSSR count). The van der Waals surface area contributed by atoms with Crippen LogP contribution in [0.1, 0.15) is 22.3 Å². The van der Waals surface area contributed by atoms with Gasteiger partial charge >= 0.3 is 5.97 Å². The lowest BCUT2D eigenvalue weighted by Crippen LogP contribution is -2.40. The number of ether oxygens (including phenoxy) is 1. The Kier molecular flexibility index (Phi) is 6.61. The molecule has 1 aromatic rings. The zero-order chi connectivity index (χ0) is 12.8. The second kappa shape index (κ2) is 7.98. The number of benzene rings is 1. The number of rotatable bonds is 3. The van der Waals surface area contributed by atoms with Crippen molar-refractivity contribution in [2.45, 2.75) is 13.0 Å². The van der Waals surface area contributed by atoms with Crippen molar-refractivity contribution < 1.29 is 9.53 Å². The van der Waals surface area contributed by atoms with Crippen molar-refractivity contribution in [2.75, 3.05) is 20.2 Å². The Morgan fingerprint density at radius 2 is 2.16 bits per heavy atom. The molecule has 19 heavy (non-hydrogen) atoms. The average Bonchev–Trinajstić information content (AvgIpc) is 2.46. The van der Waals surface area contributed by atoms with Gasteiger partial charge in [-0.25, -0.2) is 4.79 Å². The fraction of sp³-hybridized carbons (Fsp3) is 0.385. The Hall–Kier alpha value is -1.31. The summed E-state index contributed by atoms with van der Waals surface area (Å²) in [7, 11) is 1.38. The summed E-state index contributed by atoms with van der Waals surface area (Å²) in [4.78, 5) is 15.6. The largest absolute Gasteiger partial charge is 0.465 e. The highest BCUT2D eigenvalue weighted by Gasteiger charge is 2.05. The molecule has 6 heteroatoms. The molecule has 0 atom stereocenters. The number of halogens is 1. The number of guanidine groups is 1. The van der Waals surface area contributed by atoms with Crippen LogP contribution in [0, 0.1) is 0 Å².